The van der Waals surface area contributed by atoms with Gasteiger partial charge in [-0.25, -0.2) is 19.9 Å². The molecule has 28 heavy (non-hydrogen) atoms. The maximum atomic E-state index is 12.7. The largest absolute Gasteiger partial charge is 0.337 e. The zero-order chi connectivity index (χ0) is 19.5. The third-order valence-electron chi connectivity index (χ3n) is 5.28. The van der Waals surface area contributed by atoms with Gasteiger partial charge in [-0.3, -0.25) is 4.79 Å². The van der Waals surface area contributed by atoms with Crippen molar-refractivity contribution in [2.75, 3.05) is 13.1 Å². The number of rotatable bonds is 4. The third-order valence-corrected chi connectivity index (χ3v) is 5.28. The van der Waals surface area contributed by atoms with Crippen molar-refractivity contribution in [2.45, 2.75) is 26.2 Å². The molecule has 1 aliphatic rings. The van der Waals surface area contributed by atoms with E-state index in [1.807, 2.05) is 47.8 Å². The van der Waals surface area contributed by atoms with E-state index in [0.717, 1.165) is 55.3 Å². The van der Waals surface area contributed by atoms with Crippen LogP contribution in [0.25, 0.3) is 11.5 Å². The van der Waals surface area contributed by atoms with E-state index in [2.05, 4.69) is 19.9 Å². The smallest absolute Gasteiger partial charge is 0.272 e. The number of nitrogens with zero attached hydrogens (tertiary/aromatic N) is 6. The van der Waals surface area contributed by atoms with Crippen molar-refractivity contribution < 1.29 is 4.79 Å². The first-order valence-corrected chi connectivity index (χ1v) is 9.61. The van der Waals surface area contributed by atoms with E-state index >= 15 is 0 Å². The van der Waals surface area contributed by atoms with Crippen molar-refractivity contribution >= 4 is 5.91 Å². The summed E-state index contributed by atoms with van der Waals surface area (Å²) >= 11 is 0. The summed E-state index contributed by atoms with van der Waals surface area (Å²) in [6.45, 7) is 3.43. The van der Waals surface area contributed by atoms with Crippen LogP contribution >= 0.6 is 0 Å². The molecule has 3 aromatic heterocycles. The Kier molecular flexibility index (Phi) is 5.14. The standard InChI is InChI=1S/C21H24N6O/c1-15-4-3-5-18(25-15)21(28)27-9-6-16(7-10-27)12-17-13-19(24-14-23-17)20-22-8-11-26(20)2/h3-5,8,11,13-14,16H,6-7,9-10,12H2,1-2H3. The van der Waals surface area contributed by atoms with Crippen LogP contribution < -0.4 is 0 Å². The predicted octanol–water partition coefficient (Wildman–Crippen LogP) is 2.68. The van der Waals surface area contributed by atoms with Crippen LogP contribution in [0.15, 0.2) is 43.0 Å². The number of aryl methyl sites for hydroxylation is 2. The summed E-state index contributed by atoms with van der Waals surface area (Å²) in [7, 11) is 1.96. The number of hydrogen-bond acceptors (Lipinski definition) is 5. The molecule has 144 valence electrons. The summed E-state index contributed by atoms with van der Waals surface area (Å²) in [6.07, 6.45) is 8.13. The minimum absolute atomic E-state index is 0.0289. The summed E-state index contributed by atoms with van der Waals surface area (Å²) in [6, 6.07) is 7.61. The molecule has 4 rings (SSSR count). The molecular weight excluding hydrogens is 352 g/mol. The van der Waals surface area contributed by atoms with Crippen LogP contribution in [0.5, 0.6) is 0 Å². The monoisotopic (exact) mass is 376 g/mol. The Bertz CT molecular complexity index is 974. The quantitative estimate of drug-likeness (QED) is 0.700. The van der Waals surface area contributed by atoms with E-state index in [0.29, 0.717) is 11.6 Å². The van der Waals surface area contributed by atoms with E-state index in [1.54, 1.807) is 18.6 Å². The van der Waals surface area contributed by atoms with Crippen LogP contribution in [0.2, 0.25) is 0 Å². The van der Waals surface area contributed by atoms with Crippen molar-refractivity contribution in [2.24, 2.45) is 13.0 Å². The molecule has 0 unspecified atom stereocenters. The van der Waals surface area contributed by atoms with Crippen LogP contribution in [0.4, 0.5) is 0 Å². The van der Waals surface area contributed by atoms with Crippen LogP contribution in [-0.2, 0) is 13.5 Å². The van der Waals surface area contributed by atoms with Crippen LogP contribution in [0.3, 0.4) is 0 Å². The van der Waals surface area contributed by atoms with Crippen molar-refractivity contribution in [1.29, 1.82) is 0 Å². The first kappa shape index (κ1) is 18.3. The van der Waals surface area contributed by atoms with E-state index in [4.69, 9.17) is 0 Å². The summed E-state index contributed by atoms with van der Waals surface area (Å²) in [4.78, 5) is 32.1. The second-order valence-electron chi connectivity index (χ2n) is 7.36. The lowest BCUT2D eigenvalue weighted by molar-refractivity contribution is 0.0684. The second-order valence-corrected chi connectivity index (χ2v) is 7.36. The van der Waals surface area contributed by atoms with Gasteiger partial charge in [0.05, 0.1) is 0 Å². The summed E-state index contributed by atoms with van der Waals surface area (Å²) < 4.78 is 1.95. The molecule has 1 fully saturated rings. The van der Waals surface area contributed by atoms with Gasteiger partial charge in [0.1, 0.15) is 17.7 Å². The first-order valence-electron chi connectivity index (χ1n) is 9.61. The number of hydrogen-bond donors (Lipinski definition) is 0. The molecule has 4 heterocycles. The van der Waals surface area contributed by atoms with Crippen molar-refractivity contribution in [3.63, 3.8) is 0 Å². The SMILES string of the molecule is Cc1cccc(C(=O)N2CCC(Cc3cc(-c4nccn4C)ncn3)CC2)n1. The molecular formula is C21H24N6O. The van der Waals surface area contributed by atoms with Crippen molar-refractivity contribution in [1.82, 2.24) is 29.4 Å². The summed E-state index contributed by atoms with van der Waals surface area (Å²) in [5.41, 5.74) is 3.27. The fourth-order valence-corrected chi connectivity index (χ4v) is 3.70. The average Bonchev–Trinajstić information content (AvgIpc) is 3.14. The van der Waals surface area contributed by atoms with Crippen LogP contribution in [-0.4, -0.2) is 48.4 Å². The van der Waals surface area contributed by atoms with Gasteiger partial charge in [0.15, 0.2) is 5.82 Å². The topological polar surface area (TPSA) is 76.8 Å². The predicted molar refractivity (Wildman–Crippen MR) is 106 cm³/mol. The lowest BCUT2D eigenvalue weighted by Crippen LogP contribution is -2.39. The molecule has 3 aromatic rings. The minimum Gasteiger partial charge on any atom is -0.337 e. The fourth-order valence-electron chi connectivity index (χ4n) is 3.70. The first-order chi connectivity index (χ1) is 13.6. The highest BCUT2D eigenvalue weighted by molar-refractivity contribution is 5.92. The number of amides is 1. The van der Waals surface area contributed by atoms with E-state index < -0.39 is 0 Å². The molecule has 0 bridgehead atoms. The molecule has 1 amide bonds. The highest BCUT2D eigenvalue weighted by Crippen LogP contribution is 2.23. The number of likely N-dealkylation sites (tertiary alicyclic amines) is 1. The Morgan fingerprint density at radius 1 is 1.18 bits per heavy atom. The van der Waals surface area contributed by atoms with Gasteiger partial charge in [-0.15, -0.1) is 0 Å². The van der Waals surface area contributed by atoms with Gasteiger partial charge in [0.25, 0.3) is 5.91 Å². The van der Waals surface area contributed by atoms with Gasteiger partial charge in [0.2, 0.25) is 0 Å². The number of aromatic nitrogens is 5. The summed E-state index contributed by atoms with van der Waals surface area (Å²) in [5.74, 6) is 1.38. The lowest BCUT2D eigenvalue weighted by Gasteiger charge is -2.31. The molecule has 0 radical (unpaired) electrons. The van der Waals surface area contributed by atoms with Crippen LogP contribution in [0, 0.1) is 12.8 Å². The number of piperidine rings is 1. The molecule has 0 atom stereocenters. The van der Waals surface area contributed by atoms with E-state index in [-0.39, 0.29) is 5.91 Å². The van der Waals surface area contributed by atoms with E-state index in [1.165, 1.54) is 0 Å². The Balaban J connectivity index is 1.37. The fraction of sp³-hybridized carbons (Fsp3) is 0.381. The van der Waals surface area contributed by atoms with Gasteiger partial charge in [-0.2, -0.15) is 0 Å². The number of imidazole rings is 1. The zero-order valence-corrected chi connectivity index (χ0v) is 16.2. The lowest BCUT2D eigenvalue weighted by atomic mass is 9.91. The Labute approximate surface area is 164 Å². The Morgan fingerprint density at radius 2 is 2.00 bits per heavy atom. The molecule has 1 aliphatic heterocycles. The molecule has 0 aromatic carbocycles. The zero-order valence-electron chi connectivity index (χ0n) is 16.2. The Hall–Kier alpha value is -3.09. The average molecular weight is 376 g/mol. The third kappa shape index (κ3) is 3.93. The van der Waals surface area contributed by atoms with Crippen molar-refractivity contribution in [3.8, 4) is 11.5 Å². The maximum absolute atomic E-state index is 12.7. The van der Waals surface area contributed by atoms with Gasteiger partial charge in [0, 0.05) is 43.9 Å². The molecule has 1 saturated heterocycles. The molecule has 0 N–H and O–H groups in total. The summed E-state index contributed by atoms with van der Waals surface area (Å²) in [5, 5.41) is 0. The molecule has 7 heteroatoms. The normalized spacial score (nSPS) is 15.0. The number of carbonyl (C=O) groups is 1. The van der Waals surface area contributed by atoms with Crippen LogP contribution in [0.1, 0.15) is 34.7 Å². The number of pyridine rings is 1. The molecule has 0 spiro atoms. The highest BCUT2D eigenvalue weighted by Gasteiger charge is 2.25. The molecule has 7 nitrogen and oxygen atoms in total. The minimum atomic E-state index is 0.0289. The van der Waals surface area contributed by atoms with E-state index in [9.17, 15) is 4.79 Å². The van der Waals surface area contributed by atoms with Gasteiger partial charge in [-0.05, 0) is 50.3 Å². The van der Waals surface area contributed by atoms with Gasteiger partial charge in [-0.1, -0.05) is 6.07 Å². The second kappa shape index (κ2) is 7.88. The maximum Gasteiger partial charge on any atom is 0.272 e. The molecule has 0 saturated carbocycles. The Morgan fingerprint density at radius 3 is 2.71 bits per heavy atom. The van der Waals surface area contributed by atoms with Gasteiger partial charge < -0.3 is 9.47 Å². The molecule has 0 aliphatic carbocycles. The highest BCUT2D eigenvalue weighted by atomic mass is 16.2. The van der Waals surface area contributed by atoms with Gasteiger partial charge >= 0.3 is 0 Å². The number of carbonyl (C=O) groups excluding carboxylic acids is 1. The van der Waals surface area contributed by atoms with Crippen molar-refractivity contribution in [3.05, 3.63) is 60.1 Å².